The molecule has 2 rings (SSSR count). The minimum Gasteiger partial charge on any atom is -0.459 e. The summed E-state index contributed by atoms with van der Waals surface area (Å²) in [6.07, 6.45) is 0.294. The maximum absolute atomic E-state index is 12.1. The highest BCUT2D eigenvalue weighted by molar-refractivity contribution is 9.10. The Hall–Kier alpha value is -0.990. The summed E-state index contributed by atoms with van der Waals surface area (Å²) in [6.45, 7) is 0. The number of amides is 1. The smallest absolute Gasteiger partial charge is 0.288 e. The molecule has 1 amide bonds. The third kappa shape index (κ3) is 5.82. The standard InChI is InChI=1S/C14H11BrCl3N3O2S/c15-8-3-5-9(6-4-8)19-13(24)21-12(14(16,17)18)20-11(22)10-2-1-7-23-10/h1-7,12H,(H,20,22)(H2,19,21,24). The highest BCUT2D eigenvalue weighted by Crippen LogP contribution is 2.29. The molecule has 1 heterocycles. The van der Waals surface area contributed by atoms with Crippen molar-refractivity contribution in [1.82, 2.24) is 10.6 Å². The molecule has 1 aromatic carbocycles. The van der Waals surface area contributed by atoms with Crippen LogP contribution in [0.1, 0.15) is 10.6 Å². The molecule has 1 unspecified atom stereocenters. The van der Waals surface area contributed by atoms with E-state index in [1.165, 1.54) is 12.3 Å². The zero-order valence-corrected chi connectivity index (χ0v) is 16.5. The fraction of sp³-hybridized carbons (Fsp3) is 0.143. The summed E-state index contributed by atoms with van der Waals surface area (Å²) in [5, 5.41) is 8.37. The molecule has 0 fully saturated rings. The van der Waals surface area contributed by atoms with E-state index < -0.39 is 15.9 Å². The molecule has 128 valence electrons. The minimum atomic E-state index is -1.84. The summed E-state index contributed by atoms with van der Waals surface area (Å²) in [6, 6.07) is 10.4. The second kappa shape index (κ2) is 8.40. The van der Waals surface area contributed by atoms with Crippen molar-refractivity contribution in [3.8, 4) is 0 Å². The monoisotopic (exact) mass is 469 g/mol. The lowest BCUT2D eigenvalue weighted by molar-refractivity contribution is 0.0906. The van der Waals surface area contributed by atoms with Crippen molar-refractivity contribution in [3.63, 3.8) is 0 Å². The van der Waals surface area contributed by atoms with Gasteiger partial charge in [0.2, 0.25) is 3.79 Å². The van der Waals surface area contributed by atoms with E-state index in [2.05, 4.69) is 31.9 Å². The lowest BCUT2D eigenvalue weighted by atomic mass is 10.3. The van der Waals surface area contributed by atoms with Crippen molar-refractivity contribution >= 4 is 79.7 Å². The largest absolute Gasteiger partial charge is 0.459 e. The van der Waals surface area contributed by atoms with E-state index in [0.717, 1.165) is 10.2 Å². The first kappa shape index (κ1) is 19.3. The minimum absolute atomic E-state index is 0.0860. The molecule has 0 bridgehead atoms. The van der Waals surface area contributed by atoms with E-state index in [-0.39, 0.29) is 10.9 Å². The Morgan fingerprint density at radius 1 is 1.17 bits per heavy atom. The zero-order chi connectivity index (χ0) is 17.7. The summed E-state index contributed by atoms with van der Waals surface area (Å²) in [4.78, 5) is 12.1. The highest BCUT2D eigenvalue weighted by Gasteiger charge is 2.35. The molecule has 1 aromatic heterocycles. The topological polar surface area (TPSA) is 66.3 Å². The number of benzene rings is 1. The van der Waals surface area contributed by atoms with Gasteiger partial charge in [0.25, 0.3) is 5.91 Å². The fourth-order valence-electron chi connectivity index (χ4n) is 1.64. The van der Waals surface area contributed by atoms with Gasteiger partial charge in [0.05, 0.1) is 6.26 Å². The maximum atomic E-state index is 12.1. The van der Waals surface area contributed by atoms with Crippen LogP contribution < -0.4 is 16.0 Å². The Kier molecular flexibility index (Phi) is 6.77. The van der Waals surface area contributed by atoms with Crippen LogP contribution in [-0.4, -0.2) is 21.0 Å². The molecule has 2 aromatic rings. The number of nitrogens with one attached hydrogen (secondary N) is 3. The summed E-state index contributed by atoms with van der Waals surface area (Å²) < 4.78 is 4.09. The van der Waals surface area contributed by atoms with Gasteiger partial charge in [-0.3, -0.25) is 4.79 Å². The first-order valence-corrected chi connectivity index (χ1v) is 8.83. The van der Waals surface area contributed by atoms with E-state index in [1.54, 1.807) is 6.07 Å². The first-order valence-electron chi connectivity index (χ1n) is 6.50. The van der Waals surface area contributed by atoms with Gasteiger partial charge in [0.15, 0.2) is 10.9 Å². The average Bonchev–Trinajstić information content (AvgIpc) is 3.02. The Morgan fingerprint density at radius 2 is 1.83 bits per heavy atom. The average molecular weight is 472 g/mol. The van der Waals surface area contributed by atoms with Crippen molar-refractivity contribution in [2.45, 2.75) is 9.96 Å². The predicted molar refractivity (Wildman–Crippen MR) is 104 cm³/mol. The number of rotatable bonds is 4. The molecule has 0 saturated carbocycles. The van der Waals surface area contributed by atoms with Crippen molar-refractivity contribution in [1.29, 1.82) is 0 Å². The van der Waals surface area contributed by atoms with Crippen LogP contribution >= 0.6 is 63.0 Å². The third-order valence-corrected chi connectivity index (χ3v) is 4.13. The van der Waals surface area contributed by atoms with Gasteiger partial charge in [-0.25, -0.2) is 0 Å². The normalized spacial score (nSPS) is 12.3. The van der Waals surface area contributed by atoms with Crippen molar-refractivity contribution < 1.29 is 9.21 Å². The van der Waals surface area contributed by atoms with Crippen LogP contribution in [0.5, 0.6) is 0 Å². The predicted octanol–water partition coefficient (Wildman–Crippen LogP) is 4.45. The molecule has 0 aliphatic heterocycles. The molecular weight excluding hydrogens is 461 g/mol. The third-order valence-electron chi connectivity index (χ3n) is 2.73. The van der Waals surface area contributed by atoms with Crippen molar-refractivity contribution in [2.24, 2.45) is 0 Å². The van der Waals surface area contributed by atoms with E-state index in [9.17, 15) is 4.79 Å². The number of carbonyl (C=O) groups excluding carboxylic acids is 1. The van der Waals surface area contributed by atoms with Gasteiger partial charge < -0.3 is 20.4 Å². The SMILES string of the molecule is O=C(NC(NC(=S)Nc1ccc(Br)cc1)C(Cl)(Cl)Cl)c1ccco1. The van der Waals surface area contributed by atoms with Crippen molar-refractivity contribution in [2.75, 3.05) is 5.32 Å². The van der Waals surface area contributed by atoms with Gasteiger partial charge in [0, 0.05) is 10.2 Å². The Balaban J connectivity index is 2.01. The van der Waals surface area contributed by atoms with Gasteiger partial charge in [-0.2, -0.15) is 0 Å². The van der Waals surface area contributed by atoms with Crippen LogP contribution in [0.25, 0.3) is 0 Å². The van der Waals surface area contributed by atoms with Crippen LogP contribution in [0, 0.1) is 0 Å². The van der Waals surface area contributed by atoms with Crippen LogP contribution in [0.15, 0.2) is 51.6 Å². The molecule has 0 aliphatic rings. The molecule has 24 heavy (non-hydrogen) atoms. The Bertz CT molecular complexity index is 705. The number of hydrogen-bond acceptors (Lipinski definition) is 3. The number of anilines is 1. The first-order chi connectivity index (χ1) is 11.3. The van der Waals surface area contributed by atoms with Gasteiger partial charge in [-0.1, -0.05) is 50.7 Å². The van der Waals surface area contributed by atoms with Crippen molar-refractivity contribution in [3.05, 3.63) is 52.9 Å². The van der Waals surface area contributed by atoms with Gasteiger partial charge in [-0.05, 0) is 48.6 Å². The van der Waals surface area contributed by atoms with Crippen LogP contribution in [0.4, 0.5) is 5.69 Å². The summed E-state index contributed by atoms with van der Waals surface area (Å²) in [7, 11) is 0. The lowest BCUT2D eigenvalue weighted by Gasteiger charge is -2.27. The van der Waals surface area contributed by atoms with Crippen LogP contribution in [0.2, 0.25) is 0 Å². The van der Waals surface area contributed by atoms with E-state index in [4.69, 9.17) is 51.4 Å². The second-order valence-electron chi connectivity index (χ2n) is 4.53. The number of thiocarbonyl (C=S) groups is 1. The van der Waals surface area contributed by atoms with Gasteiger partial charge in [-0.15, -0.1) is 0 Å². The molecule has 0 saturated heterocycles. The Labute approximate surface area is 167 Å². The van der Waals surface area contributed by atoms with Crippen LogP contribution in [-0.2, 0) is 0 Å². The lowest BCUT2D eigenvalue weighted by Crippen LogP contribution is -2.56. The van der Waals surface area contributed by atoms with Crippen LogP contribution in [0.3, 0.4) is 0 Å². The van der Waals surface area contributed by atoms with Gasteiger partial charge >= 0.3 is 0 Å². The number of alkyl halides is 3. The molecule has 0 radical (unpaired) electrons. The number of carbonyl (C=O) groups is 1. The highest BCUT2D eigenvalue weighted by atomic mass is 79.9. The molecular formula is C14H11BrCl3N3O2S. The quantitative estimate of drug-likeness (QED) is 0.349. The number of hydrogen-bond donors (Lipinski definition) is 3. The molecule has 3 N–H and O–H groups in total. The number of furan rings is 1. The summed E-state index contributed by atoms with van der Waals surface area (Å²) in [5.74, 6) is -0.460. The molecule has 0 spiro atoms. The molecule has 1 atom stereocenters. The summed E-state index contributed by atoms with van der Waals surface area (Å²) >= 11 is 26.2. The van der Waals surface area contributed by atoms with E-state index >= 15 is 0 Å². The summed E-state index contributed by atoms with van der Waals surface area (Å²) in [5.41, 5.74) is 0.733. The maximum Gasteiger partial charge on any atom is 0.288 e. The molecule has 10 heteroatoms. The molecule has 0 aliphatic carbocycles. The van der Waals surface area contributed by atoms with Gasteiger partial charge in [0.1, 0.15) is 6.17 Å². The second-order valence-corrected chi connectivity index (χ2v) is 8.22. The fourth-order valence-corrected chi connectivity index (χ4v) is 2.47. The molecule has 5 nitrogen and oxygen atoms in total. The number of halogens is 4. The van der Waals surface area contributed by atoms with E-state index in [0.29, 0.717) is 0 Å². The Morgan fingerprint density at radius 3 is 2.38 bits per heavy atom. The zero-order valence-electron chi connectivity index (χ0n) is 11.9. The van der Waals surface area contributed by atoms with E-state index in [1.807, 2.05) is 24.3 Å².